The van der Waals surface area contributed by atoms with Gasteiger partial charge in [0.15, 0.2) is 0 Å². The molecule has 51 heavy (non-hydrogen) atoms. The highest BCUT2D eigenvalue weighted by Gasteiger charge is 2.19. The van der Waals surface area contributed by atoms with Crippen molar-refractivity contribution in [2.45, 2.75) is 0 Å². The van der Waals surface area contributed by atoms with Crippen molar-refractivity contribution in [2.24, 2.45) is 0 Å². The van der Waals surface area contributed by atoms with E-state index < -0.39 is 0 Å². The van der Waals surface area contributed by atoms with E-state index >= 15 is 0 Å². The van der Waals surface area contributed by atoms with Gasteiger partial charge in [-0.1, -0.05) is 115 Å². The molecule has 11 rings (SSSR count). The fourth-order valence-corrected chi connectivity index (χ4v) is 8.39. The molecule has 0 aliphatic rings. The molecular formula is C48H31N3. The van der Waals surface area contributed by atoms with E-state index in [4.69, 9.17) is 0 Å². The third-order valence-electron chi connectivity index (χ3n) is 10.6. The largest absolute Gasteiger partial charge is 0.309 e. The van der Waals surface area contributed by atoms with E-state index in [1.807, 2.05) is 0 Å². The van der Waals surface area contributed by atoms with Gasteiger partial charge in [0.25, 0.3) is 0 Å². The van der Waals surface area contributed by atoms with Gasteiger partial charge in [0, 0.05) is 49.4 Å². The molecule has 0 atom stereocenters. The van der Waals surface area contributed by atoms with Crippen molar-refractivity contribution in [1.82, 2.24) is 13.7 Å². The normalized spacial score (nSPS) is 11.9. The molecule has 0 aliphatic heterocycles. The Kier molecular flexibility index (Phi) is 5.96. The van der Waals surface area contributed by atoms with Crippen LogP contribution in [0.2, 0.25) is 0 Å². The molecule has 3 heteroatoms. The topological polar surface area (TPSA) is 14.8 Å². The third-order valence-corrected chi connectivity index (χ3v) is 10.6. The molecule has 0 fully saturated rings. The third kappa shape index (κ3) is 4.12. The molecule has 0 saturated carbocycles. The SMILES string of the molecule is c1ccc(-c2ccc3c(c2)c2cc(-n4c5ccccc5c5ccc(-n6c7ccccc7c7ccccc76)cc54)ccc2n3-c2ccccc2)cc1. The fraction of sp³-hybridized carbons (Fsp3) is 0. The van der Waals surface area contributed by atoms with Gasteiger partial charge in [-0.25, -0.2) is 0 Å². The Hall–Kier alpha value is -6.84. The second-order valence-corrected chi connectivity index (χ2v) is 13.4. The van der Waals surface area contributed by atoms with Crippen LogP contribution in [0.15, 0.2) is 188 Å². The summed E-state index contributed by atoms with van der Waals surface area (Å²) in [7, 11) is 0. The van der Waals surface area contributed by atoms with Crippen LogP contribution in [0.5, 0.6) is 0 Å². The second-order valence-electron chi connectivity index (χ2n) is 13.4. The molecule has 3 nitrogen and oxygen atoms in total. The Morgan fingerprint density at radius 2 is 0.647 bits per heavy atom. The van der Waals surface area contributed by atoms with Gasteiger partial charge in [0.05, 0.1) is 33.1 Å². The lowest BCUT2D eigenvalue weighted by Crippen LogP contribution is -1.97. The van der Waals surface area contributed by atoms with Gasteiger partial charge in [0.1, 0.15) is 0 Å². The van der Waals surface area contributed by atoms with Crippen LogP contribution < -0.4 is 0 Å². The molecule has 3 heterocycles. The van der Waals surface area contributed by atoms with E-state index in [2.05, 4.69) is 202 Å². The van der Waals surface area contributed by atoms with Gasteiger partial charge >= 0.3 is 0 Å². The number of aromatic nitrogens is 3. The number of fused-ring (bicyclic) bond motifs is 9. The first kappa shape index (κ1) is 28.0. The van der Waals surface area contributed by atoms with Crippen LogP contribution in [-0.4, -0.2) is 13.7 Å². The van der Waals surface area contributed by atoms with E-state index in [0.29, 0.717) is 0 Å². The number of para-hydroxylation sites is 4. The summed E-state index contributed by atoms with van der Waals surface area (Å²) in [6.45, 7) is 0. The zero-order valence-corrected chi connectivity index (χ0v) is 27.7. The summed E-state index contributed by atoms with van der Waals surface area (Å²) in [6.07, 6.45) is 0. The zero-order valence-electron chi connectivity index (χ0n) is 27.7. The second kappa shape index (κ2) is 10.8. The van der Waals surface area contributed by atoms with Crippen LogP contribution in [0.1, 0.15) is 0 Å². The summed E-state index contributed by atoms with van der Waals surface area (Å²) >= 11 is 0. The number of hydrogen-bond donors (Lipinski definition) is 0. The van der Waals surface area contributed by atoms with Crippen molar-refractivity contribution in [1.29, 1.82) is 0 Å². The number of nitrogens with zero attached hydrogens (tertiary/aromatic N) is 3. The summed E-state index contributed by atoms with van der Waals surface area (Å²) in [5, 5.41) is 7.50. The maximum atomic E-state index is 2.45. The Labute approximate surface area is 294 Å². The Morgan fingerprint density at radius 3 is 1.29 bits per heavy atom. The smallest absolute Gasteiger partial charge is 0.0561 e. The Bertz CT molecular complexity index is 3070. The molecule has 0 aliphatic carbocycles. The predicted octanol–water partition coefficient (Wildman–Crippen LogP) is 12.6. The van der Waals surface area contributed by atoms with Gasteiger partial charge in [-0.05, 0) is 83.9 Å². The molecule has 0 spiro atoms. The minimum absolute atomic E-state index is 1.14. The first-order valence-electron chi connectivity index (χ1n) is 17.5. The van der Waals surface area contributed by atoms with E-state index in [9.17, 15) is 0 Å². The molecule has 3 aromatic heterocycles. The van der Waals surface area contributed by atoms with Gasteiger partial charge < -0.3 is 13.7 Å². The van der Waals surface area contributed by atoms with Gasteiger partial charge in [0.2, 0.25) is 0 Å². The van der Waals surface area contributed by atoms with Gasteiger partial charge in [-0.2, -0.15) is 0 Å². The van der Waals surface area contributed by atoms with E-state index in [1.165, 1.54) is 76.5 Å². The molecule has 0 saturated heterocycles. The van der Waals surface area contributed by atoms with Crippen molar-refractivity contribution in [3.63, 3.8) is 0 Å². The van der Waals surface area contributed by atoms with Crippen LogP contribution in [0, 0.1) is 0 Å². The van der Waals surface area contributed by atoms with E-state index in [-0.39, 0.29) is 0 Å². The number of benzene rings is 8. The zero-order chi connectivity index (χ0) is 33.5. The molecule has 0 radical (unpaired) electrons. The summed E-state index contributed by atoms with van der Waals surface area (Å²) in [5.74, 6) is 0. The average molecular weight is 650 g/mol. The summed E-state index contributed by atoms with van der Waals surface area (Å²) in [4.78, 5) is 0. The molecule has 8 aromatic carbocycles. The Morgan fingerprint density at radius 1 is 0.216 bits per heavy atom. The summed E-state index contributed by atoms with van der Waals surface area (Å²) in [6, 6.07) is 68.5. The predicted molar refractivity (Wildman–Crippen MR) is 215 cm³/mol. The molecule has 0 bridgehead atoms. The monoisotopic (exact) mass is 649 g/mol. The molecule has 0 unspecified atom stereocenters. The summed E-state index contributed by atoms with van der Waals surface area (Å²) in [5.41, 5.74) is 13.1. The minimum atomic E-state index is 1.14. The first-order valence-corrected chi connectivity index (χ1v) is 17.5. The molecule has 238 valence electrons. The molecular weight excluding hydrogens is 619 g/mol. The van der Waals surface area contributed by atoms with E-state index in [1.54, 1.807) is 0 Å². The van der Waals surface area contributed by atoms with Crippen molar-refractivity contribution in [3.05, 3.63) is 188 Å². The highest BCUT2D eigenvalue weighted by atomic mass is 15.0. The van der Waals surface area contributed by atoms with Crippen molar-refractivity contribution >= 4 is 65.4 Å². The molecule has 11 aromatic rings. The molecule has 0 N–H and O–H groups in total. The first-order chi connectivity index (χ1) is 25.3. The number of hydrogen-bond acceptors (Lipinski definition) is 0. The lowest BCUT2D eigenvalue weighted by Gasteiger charge is -2.12. The van der Waals surface area contributed by atoms with Crippen molar-refractivity contribution in [3.8, 4) is 28.2 Å². The van der Waals surface area contributed by atoms with Crippen LogP contribution >= 0.6 is 0 Å². The standard InChI is InChI=1S/C48H31N3/c1-3-13-32(14-4-1)33-23-27-46-41(29-33)42-30-35(25-28-47(42)49(46)34-15-5-2-6-16-34)51-45-22-12-9-19-39(45)40-26-24-36(31-48(40)51)50-43-20-10-7-17-37(43)38-18-8-11-21-44(38)50/h1-31H. The quantitative estimate of drug-likeness (QED) is 0.180. The van der Waals surface area contributed by atoms with Gasteiger partial charge in [-0.3, -0.25) is 0 Å². The van der Waals surface area contributed by atoms with Gasteiger partial charge in [-0.15, -0.1) is 0 Å². The highest BCUT2D eigenvalue weighted by Crippen LogP contribution is 2.40. The van der Waals surface area contributed by atoms with Crippen LogP contribution in [0.3, 0.4) is 0 Å². The Balaban J connectivity index is 1.20. The van der Waals surface area contributed by atoms with Crippen molar-refractivity contribution < 1.29 is 0 Å². The highest BCUT2D eigenvalue weighted by molar-refractivity contribution is 6.14. The van der Waals surface area contributed by atoms with E-state index in [0.717, 1.165) is 17.1 Å². The lowest BCUT2D eigenvalue weighted by molar-refractivity contribution is 1.15. The van der Waals surface area contributed by atoms with Crippen LogP contribution in [-0.2, 0) is 0 Å². The van der Waals surface area contributed by atoms with Crippen LogP contribution in [0.4, 0.5) is 0 Å². The summed E-state index contributed by atoms with van der Waals surface area (Å²) < 4.78 is 7.26. The maximum absolute atomic E-state index is 2.45. The number of rotatable bonds is 4. The van der Waals surface area contributed by atoms with Crippen molar-refractivity contribution in [2.75, 3.05) is 0 Å². The lowest BCUT2D eigenvalue weighted by atomic mass is 10.0. The van der Waals surface area contributed by atoms with Crippen LogP contribution in [0.25, 0.3) is 93.6 Å². The average Bonchev–Trinajstić information content (AvgIpc) is 3.83. The maximum Gasteiger partial charge on any atom is 0.0561 e. The minimum Gasteiger partial charge on any atom is -0.309 e. The fourth-order valence-electron chi connectivity index (χ4n) is 8.39. The molecule has 0 amide bonds.